The molecule has 0 spiro atoms. The van der Waals surface area contributed by atoms with E-state index in [4.69, 9.17) is 4.74 Å². The Balaban J connectivity index is 1.89. The van der Waals surface area contributed by atoms with Crippen LogP contribution >= 0.6 is 0 Å². The molecule has 1 N–H and O–H groups in total. The van der Waals surface area contributed by atoms with E-state index in [2.05, 4.69) is 15.4 Å². The van der Waals surface area contributed by atoms with Gasteiger partial charge in [-0.15, -0.1) is 0 Å². The second-order valence-corrected chi connectivity index (χ2v) is 8.01. The molecule has 3 aromatic rings. The lowest BCUT2D eigenvalue weighted by Gasteiger charge is -2.19. The average Bonchev–Trinajstić information content (AvgIpc) is 3.11. The van der Waals surface area contributed by atoms with E-state index in [1.54, 1.807) is 23.6 Å². The lowest BCUT2D eigenvalue weighted by molar-refractivity contribution is -0.137. The van der Waals surface area contributed by atoms with Gasteiger partial charge in [0, 0.05) is 22.7 Å². The average molecular weight is 406 g/mol. The van der Waals surface area contributed by atoms with Crippen LogP contribution in [0, 0.1) is 12.3 Å². The minimum atomic E-state index is -0.483. The quantitative estimate of drug-likeness (QED) is 0.505. The van der Waals surface area contributed by atoms with E-state index < -0.39 is 11.4 Å². The Morgan fingerprint density at radius 2 is 1.97 bits per heavy atom. The summed E-state index contributed by atoms with van der Waals surface area (Å²) >= 11 is 0. The summed E-state index contributed by atoms with van der Waals surface area (Å²) in [5, 5.41) is 7.46. The molecular weight excluding hydrogens is 380 g/mol. The molecule has 1 amide bonds. The van der Waals surface area contributed by atoms with E-state index in [0.29, 0.717) is 17.9 Å². The summed E-state index contributed by atoms with van der Waals surface area (Å²) in [6, 6.07) is 9.45. The maximum Gasteiger partial charge on any atom is 0.330 e. The van der Waals surface area contributed by atoms with Crippen LogP contribution in [0.3, 0.4) is 0 Å². The van der Waals surface area contributed by atoms with Crippen LogP contribution in [0.15, 0.2) is 42.6 Å². The first-order valence-electron chi connectivity index (χ1n) is 9.81. The van der Waals surface area contributed by atoms with Gasteiger partial charge in [0.15, 0.2) is 5.65 Å². The highest BCUT2D eigenvalue weighted by Crippen LogP contribution is 2.27. The Morgan fingerprint density at radius 1 is 1.20 bits per heavy atom. The molecule has 0 atom stereocenters. The predicted molar refractivity (Wildman–Crippen MR) is 117 cm³/mol. The van der Waals surface area contributed by atoms with Crippen LogP contribution in [-0.4, -0.2) is 33.1 Å². The number of carbonyl (C=O) groups is 2. The van der Waals surface area contributed by atoms with Gasteiger partial charge in [-0.1, -0.05) is 32.9 Å². The van der Waals surface area contributed by atoms with Crippen molar-refractivity contribution in [3.63, 3.8) is 0 Å². The summed E-state index contributed by atoms with van der Waals surface area (Å²) in [4.78, 5) is 28.5. The number of nitrogens with one attached hydrogen (secondary N) is 1. The molecule has 7 nitrogen and oxygen atoms in total. The van der Waals surface area contributed by atoms with Crippen LogP contribution in [0.1, 0.15) is 39.0 Å². The molecule has 0 fully saturated rings. The van der Waals surface area contributed by atoms with Crippen LogP contribution in [0.5, 0.6) is 0 Å². The van der Waals surface area contributed by atoms with E-state index >= 15 is 0 Å². The van der Waals surface area contributed by atoms with Crippen LogP contribution in [-0.2, 0) is 14.3 Å². The first-order chi connectivity index (χ1) is 14.2. The fraction of sp³-hybridized carbons (Fsp3) is 0.304. The zero-order chi connectivity index (χ0) is 21.9. The number of imidazole rings is 1. The van der Waals surface area contributed by atoms with Gasteiger partial charge >= 0.3 is 5.97 Å². The number of hydrogen-bond acceptors (Lipinski definition) is 5. The standard InChI is InChI=1S/C23H26N4O3/c1-6-30-21(28)12-10-17-9-11-20-24-19(14-27(20)26-17)16-8-7-15(2)18(13-16)25-22(29)23(3,4)5/h7-14H,6H2,1-5H3,(H,25,29). The highest BCUT2D eigenvalue weighted by molar-refractivity contribution is 5.95. The minimum absolute atomic E-state index is 0.0440. The highest BCUT2D eigenvalue weighted by atomic mass is 16.5. The number of amides is 1. The Labute approximate surface area is 175 Å². The molecule has 0 unspecified atom stereocenters. The Bertz CT molecular complexity index is 1120. The molecule has 0 saturated heterocycles. The van der Waals surface area contributed by atoms with Gasteiger partial charge in [0.2, 0.25) is 5.91 Å². The van der Waals surface area contributed by atoms with Gasteiger partial charge in [-0.25, -0.2) is 14.3 Å². The van der Waals surface area contributed by atoms with Gasteiger partial charge in [0.25, 0.3) is 0 Å². The smallest absolute Gasteiger partial charge is 0.330 e. The van der Waals surface area contributed by atoms with E-state index in [9.17, 15) is 9.59 Å². The molecular formula is C23H26N4O3. The largest absolute Gasteiger partial charge is 0.463 e. The van der Waals surface area contributed by atoms with Crippen LogP contribution in [0.2, 0.25) is 0 Å². The fourth-order valence-electron chi connectivity index (χ4n) is 2.69. The molecule has 0 aliphatic carbocycles. The van der Waals surface area contributed by atoms with E-state index in [1.165, 1.54) is 6.08 Å². The van der Waals surface area contributed by atoms with Gasteiger partial charge in [0.1, 0.15) is 0 Å². The second kappa shape index (κ2) is 8.49. The van der Waals surface area contributed by atoms with Crippen molar-refractivity contribution >= 4 is 29.3 Å². The number of esters is 1. The molecule has 0 aliphatic rings. The number of ether oxygens (including phenoxy) is 1. The summed E-state index contributed by atoms with van der Waals surface area (Å²) in [6.07, 6.45) is 4.76. The predicted octanol–water partition coefficient (Wildman–Crippen LogP) is 4.27. The summed E-state index contributed by atoms with van der Waals surface area (Å²) in [5.41, 5.74) is 4.16. The number of fused-ring (bicyclic) bond motifs is 1. The van der Waals surface area contributed by atoms with Crippen molar-refractivity contribution in [1.29, 1.82) is 0 Å². The summed E-state index contributed by atoms with van der Waals surface area (Å²) < 4.78 is 6.54. The van der Waals surface area contributed by atoms with Gasteiger partial charge in [0.05, 0.1) is 24.2 Å². The first-order valence-corrected chi connectivity index (χ1v) is 9.81. The number of aromatic nitrogens is 3. The number of aryl methyl sites for hydroxylation is 1. The Hall–Kier alpha value is -3.48. The molecule has 0 bridgehead atoms. The molecule has 30 heavy (non-hydrogen) atoms. The highest BCUT2D eigenvalue weighted by Gasteiger charge is 2.22. The molecule has 0 saturated carbocycles. The first kappa shape index (κ1) is 21.2. The Kier molecular flexibility index (Phi) is 6.01. The van der Waals surface area contributed by atoms with Crippen molar-refractivity contribution in [2.75, 3.05) is 11.9 Å². The summed E-state index contributed by atoms with van der Waals surface area (Å²) in [7, 11) is 0. The molecule has 156 valence electrons. The topological polar surface area (TPSA) is 85.6 Å². The molecule has 7 heteroatoms. The molecule has 3 rings (SSSR count). The van der Waals surface area contributed by atoms with Crippen molar-refractivity contribution in [3.05, 3.63) is 53.9 Å². The monoisotopic (exact) mass is 406 g/mol. The summed E-state index contributed by atoms with van der Waals surface area (Å²) in [5.74, 6) is -0.451. The normalized spacial score (nSPS) is 11.8. The number of nitrogens with zero attached hydrogens (tertiary/aromatic N) is 3. The molecule has 1 aromatic carbocycles. The van der Waals surface area contributed by atoms with E-state index in [-0.39, 0.29) is 5.91 Å². The third-order valence-electron chi connectivity index (χ3n) is 4.48. The number of anilines is 1. The van der Waals surface area contributed by atoms with Crippen molar-refractivity contribution in [2.24, 2.45) is 5.41 Å². The lowest BCUT2D eigenvalue weighted by Crippen LogP contribution is -2.27. The van der Waals surface area contributed by atoms with Crippen molar-refractivity contribution in [2.45, 2.75) is 34.6 Å². The molecule has 2 heterocycles. The van der Waals surface area contributed by atoms with Crippen molar-refractivity contribution < 1.29 is 14.3 Å². The van der Waals surface area contributed by atoms with Gasteiger partial charge < -0.3 is 10.1 Å². The van der Waals surface area contributed by atoms with E-state index in [1.807, 2.05) is 58.2 Å². The SMILES string of the molecule is CCOC(=O)C=Cc1ccc2nc(-c3ccc(C)c(NC(=O)C(C)(C)C)c3)cn2n1. The van der Waals surface area contributed by atoms with Crippen LogP contribution in [0.25, 0.3) is 23.0 Å². The Morgan fingerprint density at radius 3 is 2.67 bits per heavy atom. The number of benzene rings is 1. The summed E-state index contributed by atoms with van der Waals surface area (Å²) in [6.45, 7) is 9.68. The zero-order valence-electron chi connectivity index (χ0n) is 17.9. The fourth-order valence-corrected chi connectivity index (χ4v) is 2.69. The van der Waals surface area contributed by atoms with Gasteiger partial charge in [-0.3, -0.25) is 4.79 Å². The van der Waals surface area contributed by atoms with Crippen LogP contribution in [0.4, 0.5) is 5.69 Å². The van der Waals surface area contributed by atoms with Gasteiger partial charge in [-0.05, 0) is 43.7 Å². The van der Waals surface area contributed by atoms with Crippen molar-refractivity contribution in [3.8, 4) is 11.3 Å². The lowest BCUT2D eigenvalue weighted by atomic mass is 9.95. The maximum atomic E-state index is 12.4. The zero-order valence-corrected chi connectivity index (χ0v) is 17.9. The second-order valence-electron chi connectivity index (χ2n) is 8.01. The van der Waals surface area contributed by atoms with Crippen molar-refractivity contribution in [1.82, 2.24) is 14.6 Å². The molecule has 0 aliphatic heterocycles. The molecule has 2 aromatic heterocycles. The van der Waals surface area contributed by atoms with Crippen LogP contribution < -0.4 is 5.32 Å². The van der Waals surface area contributed by atoms with Gasteiger partial charge in [-0.2, -0.15) is 5.10 Å². The molecule has 0 radical (unpaired) electrons. The third-order valence-corrected chi connectivity index (χ3v) is 4.48. The number of rotatable bonds is 5. The maximum absolute atomic E-state index is 12.4. The number of hydrogen-bond donors (Lipinski definition) is 1. The van der Waals surface area contributed by atoms with E-state index in [0.717, 1.165) is 22.5 Å². The third kappa shape index (κ3) is 4.92. The minimum Gasteiger partial charge on any atom is -0.463 e. The number of carbonyl (C=O) groups excluding carboxylic acids is 2.